The molecule has 3 heterocycles. The molecular weight excluding hydrogens is 288 g/mol. The molecule has 2 aromatic rings. The van der Waals surface area contributed by atoms with E-state index in [0.29, 0.717) is 24.3 Å². The van der Waals surface area contributed by atoms with Crippen molar-refractivity contribution in [3.63, 3.8) is 0 Å². The number of nitrogen functional groups attached to an aromatic ring is 1. The number of nitrogens with two attached hydrogens (primary N) is 1. The van der Waals surface area contributed by atoms with Crippen molar-refractivity contribution in [3.8, 4) is 0 Å². The average Bonchev–Trinajstić information content (AvgIpc) is 2.64. The maximum Gasteiger partial charge on any atom is 0.410 e. The average molecular weight is 306 g/mol. The number of nitrogens with zero attached hydrogens (tertiary/aromatic N) is 4. The summed E-state index contributed by atoms with van der Waals surface area (Å²) in [5, 5.41) is 0. The SMILES string of the molecule is CC(C)(C)OC(=O)N1CC(n2c(=O)[nH]c3c(N)ncnc32)C1. The van der Waals surface area contributed by atoms with Gasteiger partial charge in [0, 0.05) is 13.1 Å². The molecule has 3 rings (SSSR count). The minimum absolute atomic E-state index is 0.150. The van der Waals surface area contributed by atoms with Gasteiger partial charge in [0.2, 0.25) is 0 Å². The molecule has 3 N–H and O–H groups in total. The molecule has 0 bridgehead atoms. The second-order valence-electron chi connectivity index (χ2n) is 6.30. The normalized spacial score (nSPS) is 15.9. The zero-order chi connectivity index (χ0) is 16.1. The highest BCUT2D eigenvalue weighted by Crippen LogP contribution is 2.25. The van der Waals surface area contributed by atoms with Gasteiger partial charge in [0.05, 0.1) is 6.04 Å². The van der Waals surface area contributed by atoms with Gasteiger partial charge < -0.3 is 20.4 Å². The van der Waals surface area contributed by atoms with Crippen LogP contribution in [0.2, 0.25) is 0 Å². The molecule has 0 radical (unpaired) electrons. The number of fused-ring (bicyclic) bond motifs is 1. The molecule has 2 aromatic heterocycles. The maximum atomic E-state index is 12.1. The second-order valence-corrected chi connectivity index (χ2v) is 6.30. The van der Waals surface area contributed by atoms with Crippen LogP contribution in [0.4, 0.5) is 10.6 Å². The Balaban J connectivity index is 1.79. The van der Waals surface area contributed by atoms with Crippen molar-refractivity contribution in [2.24, 2.45) is 0 Å². The number of carbonyl (C=O) groups is 1. The van der Waals surface area contributed by atoms with Crippen LogP contribution in [0.1, 0.15) is 26.8 Å². The van der Waals surface area contributed by atoms with Crippen LogP contribution in [0.15, 0.2) is 11.1 Å². The summed E-state index contributed by atoms with van der Waals surface area (Å²) in [7, 11) is 0. The Labute approximate surface area is 126 Å². The van der Waals surface area contributed by atoms with E-state index in [4.69, 9.17) is 10.5 Å². The van der Waals surface area contributed by atoms with E-state index >= 15 is 0 Å². The quantitative estimate of drug-likeness (QED) is 0.791. The Kier molecular flexibility index (Phi) is 3.08. The summed E-state index contributed by atoms with van der Waals surface area (Å²) in [5.74, 6) is 0.226. The highest BCUT2D eigenvalue weighted by Gasteiger charge is 2.36. The molecule has 0 aliphatic carbocycles. The van der Waals surface area contributed by atoms with E-state index < -0.39 is 5.60 Å². The molecule has 22 heavy (non-hydrogen) atoms. The fourth-order valence-electron chi connectivity index (χ4n) is 2.39. The van der Waals surface area contributed by atoms with Crippen molar-refractivity contribution in [1.29, 1.82) is 0 Å². The van der Waals surface area contributed by atoms with Crippen LogP contribution < -0.4 is 11.4 Å². The third-order valence-electron chi connectivity index (χ3n) is 3.41. The number of ether oxygens (including phenoxy) is 1. The van der Waals surface area contributed by atoms with Crippen LogP contribution in [0, 0.1) is 0 Å². The van der Waals surface area contributed by atoms with Crippen LogP contribution in [0.25, 0.3) is 11.2 Å². The van der Waals surface area contributed by atoms with E-state index in [2.05, 4.69) is 15.0 Å². The second kappa shape index (κ2) is 4.72. The summed E-state index contributed by atoms with van der Waals surface area (Å²) >= 11 is 0. The first-order valence-electron chi connectivity index (χ1n) is 6.95. The van der Waals surface area contributed by atoms with Crippen molar-refractivity contribution in [2.75, 3.05) is 18.8 Å². The fraction of sp³-hybridized carbons (Fsp3) is 0.538. The molecule has 0 aromatic carbocycles. The molecule has 0 saturated carbocycles. The molecule has 1 fully saturated rings. The lowest BCUT2D eigenvalue weighted by molar-refractivity contribution is 0.00110. The number of hydrogen-bond donors (Lipinski definition) is 2. The number of rotatable bonds is 1. The topological polar surface area (TPSA) is 119 Å². The lowest BCUT2D eigenvalue weighted by Crippen LogP contribution is -2.53. The number of likely N-dealkylation sites (tertiary alicyclic amines) is 1. The lowest BCUT2D eigenvalue weighted by Gasteiger charge is -2.39. The Morgan fingerprint density at radius 1 is 1.41 bits per heavy atom. The van der Waals surface area contributed by atoms with Crippen molar-refractivity contribution >= 4 is 23.1 Å². The zero-order valence-electron chi connectivity index (χ0n) is 12.7. The first-order chi connectivity index (χ1) is 10.3. The van der Waals surface area contributed by atoms with Gasteiger partial charge in [0.25, 0.3) is 0 Å². The molecule has 1 amide bonds. The van der Waals surface area contributed by atoms with Crippen LogP contribution >= 0.6 is 0 Å². The number of aromatic nitrogens is 4. The first kappa shape index (κ1) is 14.4. The molecule has 0 spiro atoms. The maximum absolute atomic E-state index is 12.1. The van der Waals surface area contributed by atoms with Crippen LogP contribution in [0.5, 0.6) is 0 Å². The van der Waals surface area contributed by atoms with E-state index in [1.807, 2.05) is 20.8 Å². The Morgan fingerprint density at radius 3 is 2.73 bits per heavy atom. The molecule has 118 valence electrons. The summed E-state index contributed by atoms with van der Waals surface area (Å²) in [4.78, 5) is 36.1. The van der Waals surface area contributed by atoms with Gasteiger partial charge in [-0.3, -0.25) is 4.57 Å². The minimum Gasteiger partial charge on any atom is -0.444 e. The van der Waals surface area contributed by atoms with Crippen LogP contribution in [-0.4, -0.2) is 49.2 Å². The molecule has 1 saturated heterocycles. The minimum atomic E-state index is -0.540. The van der Waals surface area contributed by atoms with E-state index in [-0.39, 0.29) is 23.6 Å². The van der Waals surface area contributed by atoms with Gasteiger partial charge >= 0.3 is 11.8 Å². The summed E-state index contributed by atoms with van der Waals surface area (Å²) in [6, 6.07) is -0.150. The number of imidazole rings is 1. The zero-order valence-corrected chi connectivity index (χ0v) is 12.7. The van der Waals surface area contributed by atoms with Crippen LogP contribution in [0.3, 0.4) is 0 Å². The van der Waals surface area contributed by atoms with E-state index in [1.54, 1.807) is 4.90 Å². The summed E-state index contributed by atoms with van der Waals surface area (Å²) in [5.41, 5.74) is 5.74. The van der Waals surface area contributed by atoms with Gasteiger partial charge in [-0.05, 0) is 20.8 Å². The highest BCUT2D eigenvalue weighted by atomic mass is 16.6. The largest absolute Gasteiger partial charge is 0.444 e. The first-order valence-corrected chi connectivity index (χ1v) is 6.95. The molecule has 0 atom stereocenters. The van der Waals surface area contributed by atoms with Gasteiger partial charge in [0.1, 0.15) is 17.4 Å². The number of amides is 1. The predicted octanol–water partition coefficient (Wildman–Crippen LogP) is 0.494. The summed E-state index contributed by atoms with van der Waals surface area (Å²) in [6.45, 7) is 6.22. The van der Waals surface area contributed by atoms with Gasteiger partial charge in [0.15, 0.2) is 11.5 Å². The predicted molar refractivity (Wildman–Crippen MR) is 79.4 cm³/mol. The van der Waals surface area contributed by atoms with Crippen molar-refractivity contribution in [1.82, 2.24) is 24.4 Å². The molecule has 0 unspecified atom stereocenters. The highest BCUT2D eigenvalue weighted by molar-refractivity contribution is 5.81. The summed E-state index contributed by atoms with van der Waals surface area (Å²) in [6.07, 6.45) is 0.928. The third-order valence-corrected chi connectivity index (χ3v) is 3.41. The number of anilines is 1. The van der Waals surface area contributed by atoms with Gasteiger partial charge in [-0.1, -0.05) is 0 Å². The summed E-state index contributed by atoms with van der Waals surface area (Å²) < 4.78 is 6.80. The number of carbonyl (C=O) groups excluding carboxylic acids is 1. The molecule has 1 aliphatic heterocycles. The van der Waals surface area contributed by atoms with E-state index in [1.165, 1.54) is 10.9 Å². The number of hydrogen-bond acceptors (Lipinski definition) is 6. The smallest absolute Gasteiger partial charge is 0.410 e. The van der Waals surface area contributed by atoms with Crippen molar-refractivity contribution in [3.05, 3.63) is 16.8 Å². The molecule has 9 nitrogen and oxygen atoms in total. The Morgan fingerprint density at radius 2 is 2.09 bits per heavy atom. The molecule has 9 heteroatoms. The van der Waals surface area contributed by atoms with E-state index in [9.17, 15) is 9.59 Å². The third kappa shape index (κ3) is 2.38. The van der Waals surface area contributed by atoms with Crippen molar-refractivity contribution < 1.29 is 9.53 Å². The Bertz CT molecular complexity index is 781. The Hall–Kier alpha value is -2.58. The van der Waals surface area contributed by atoms with Gasteiger partial charge in [-0.15, -0.1) is 0 Å². The number of aromatic amines is 1. The molecule has 1 aliphatic rings. The fourth-order valence-corrected chi connectivity index (χ4v) is 2.39. The van der Waals surface area contributed by atoms with Crippen LogP contribution in [-0.2, 0) is 4.74 Å². The standard InChI is InChI=1S/C13H18N6O3/c1-13(2,3)22-12(21)18-4-7(5-18)19-10-8(17-11(19)20)9(14)15-6-16-10/h6-7H,4-5H2,1-3H3,(H,17,20)(H2,14,15,16). The molecular formula is C13H18N6O3. The lowest BCUT2D eigenvalue weighted by atomic mass is 10.1. The van der Waals surface area contributed by atoms with Gasteiger partial charge in [-0.25, -0.2) is 19.6 Å². The number of H-pyrrole nitrogens is 1. The number of nitrogens with one attached hydrogen (secondary N) is 1. The monoisotopic (exact) mass is 306 g/mol. The van der Waals surface area contributed by atoms with Gasteiger partial charge in [-0.2, -0.15) is 0 Å². The van der Waals surface area contributed by atoms with E-state index in [0.717, 1.165) is 0 Å². The van der Waals surface area contributed by atoms with Crippen molar-refractivity contribution in [2.45, 2.75) is 32.4 Å².